The fourth-order valence-electron chi connectivity index (χ4n) is 1.31. The van der Waals surface area contributed by atoms with Gasteiger partial charge in [0.25, 0.3) is 0 Å². The first-order chi connectivity index (χ1) is 8.16. The van der Waals surface area contributed by atoms with Gasteiger partial charge in [-0.25, -0.2) is 4.79 Å². The van der Waals surface area contributed by atoms with Crippen LogP contribution in [0.15, 0.2) is 42.7 Å². The molecule has 5 heteroatoms. The monoisotopic (exact) mass is 249 g/mol. The maximum atomic E-state index is 11.0. The van der Waals surface area contributed by atoms with Gasteiger partial charge in [-0.1, -0.05) is 23.7 Å². The number of hydrogen-bond donors (Lipinski definition) is 1. The number of carbonyl (C=O) groups is 1. The molecule has 1 N–H and O–H groups in total. The molecule has 4 nitrogen and oxygen atoms in total. The second kappa shape index (κ2) is 4.84. The van der Waals surface area contributed by atoms with Crippen molar-refractivity contribution in [1.29, 1.82) is 0 Å². The average molecular weight is 250 g/mol. The minimum Gasteiger partial charge on any atom is -0.478 e. The Balaban J connectivity index is 2.33. The highest BCUT2D eigenvalue weighted by Crippen LogP contribution is 2.26. The van der Waals surface area contributed by atoms with Crippen molar-refractivity contribution in [2.45, 2.75) is 0 Å². The number of hydrogen-bond acceptors (Lipinski definition) is 3. The standard InChI is InChI=1S/C12H8ClNO3/c13-8-5-9(7-14-6-8)17-11-4-2-1-3-10(11)12(15)16/h1-7H,(H,15,16). The van der Waals surface area contributed by atoms with Crippen molar-refractivity contribution in [2.24, 2.45) is 0 Å². The Morgan fingerprint density at radius 1 is 1.29 bits per heavy atom. The molecule has 1 aromatic carbocycles. The van der Waals surface area contributed by atoms with Gasteiger partial charge in [0.1, 0.15) is 17.1 Å². The van der Waals surface area contributed by atoms with Crippen LogP contribution in [0, 0.1) is 0 Å². The summed E-state index contributed by atoms with van der Waals surface area (Å²) in [7, 11) is 0. The molecule has 0 spiro atoms. The summed E-state index contributed by atoms with van der Waals surface area (Å²) in [4.78, 5) is 14.8. The highest BCUT2D eigenvalue weighted by Gasteiger charge is 2.10. The number of halogens is 1. The van der Waals surface area contributed by atoms with Crippen LogP contribution in [0.2, 0.25) is 5.02 Å². The van der Waals surface area contributed by atoms with E-state index in [-0.39, 0.29) is 11.3 Å². The van der Waals surface area contributed by atoms with Gasteiger partial charge in [-0.05, 0) is 12.1 Å². The fourth-order valence-corrected chi connectivity index (χ4v) is 1.47. The minimum atomic E-state index is -1.05. The Hall–Kier alpha value is -2.07. The first-order valence-electron chi connectivity index (χ1n) is 4.77. The molecule has 0 aliphatic rings. The normalized spacial score (nSPS) is 9.94. The van der Waals surface area contributed by atoms with Crippen molar-refractivity contribution in [2.75, 3.05) is 0 Å². The lowest BCUT2D eigenvalue weighted by molar-refractivity contribution is 0.0694. The van der Waals surface area contributed by atoms with E-state index < -0.39 is 5.97 Å². The van der Waals surface area contributed by atoms with Crippen LogP contribution in [0.1, 0.15) is 10.4 Å². The molecule has 0 bridgehead atoms. The molecular weight excluding hydrogens is 242 g/mol. The van der Waals surface area contributed by atoms with Gasteiger partial charge < -0.3 is 9.84 Å². The molecule has 1 heterocycles. The zero-order valence-corrected chi connectivity index (χ0v) is 9.39. The molecule has 0 aliphatic heterocycles. The van der Waals surface area contributed by atoms with E-state index in [9.17, 15) is 4.79 Å². The van der Waals surface area contributed by atoms with Gasteiger partial charge in [-0.15, -0.1) is 0 Å². The summed E-state index contributed by atoms with van der Waals surface area (Å²) in [5, 5.41) is 9.40. The summed E-state index contributed by atoms with van der Waals surface area (Å²) < 4.78 is 5.42. The number of carboxylic acids is 1. The Morgan fingerprint density at radius 2 is 2.06 bits per heavy atom. The van der Waals surface area contributed by atoms with E-state index in [0.717, 1.165) is 0 Å². The number of aromatic nitrogens is 1. The summed E-state index contributed by atoms with van der Waals surface area (Å²) in [6, 6.07) is 7.93. The van der Waals surface area contributed by atoms with Crippen molar-refractivity contribution >= 4 is 17.6 Å². The summed E-state index contributed by atoms with van der Waals surface area (Å²) in [6.45, 7) is 0. The third-order valence-corrected chi connectivity index (χ3v) is 2.23. The molecule has 0 amide bonds. The number of ether oxygens (including phenoxy) is 1. The first kappa shape index (κ1) is 11.4. The van der Waals surface area contributed by atoms with Crippen molar-refractivity contribution in [3.05, 3.63) is 53.3 Å². The number of pyridine rings is 1. The van der Waals surface area contributed by atoms with Crippen LogP contribution in [0.25, 0.3) is 0 Å². The maximum Gasteiger partial charge on any atom is 0.339 e. The third kappa shape index (κ3) is 2.73. The van der Waals surface area contributed by atoms with Crippen LogP contribution < -0.4 is 4.74 Å². The van der Waals surface area contributed by atoms with Crippen molar-refractivity contribution in [1.82, 2.24) is 4.98 Å². The highest BCUT2D eigenvalue weighted by molar-refractivity contribution is 6.30. The molecule has 17 heavy (non-hydrogen) atoms. The van der Waals surface area contributed by atoms with E-state index in [1.54, 1.807) is 24.3 Å². The number of nitrogens with zero attached hydrogens (tertiary/aromatic N) is 1. The number of aromatic carboxylic acids is 1. The quantitative estimate of drug-likeness (QED) is 0.907. The second-order valence-electron chi connectivity index (χ2n) is 3.24. The Labute approximate surface area is 102 Å². The summed E-state index contributed by atoms with van der Waals surface area (Å²) in [6.07, 6.45) is 2.93. The minimum absolute atomic E-state index is 0.0903. The molecule has 0 aliphatic carbocycles. The molecule has 0 unspecified atom stereocenters. The number of carboxylic acid groups (broad SMARTS) is 1. The molecule has 0 saturated heterocycles. The number of rotatable bonds is 3. The molecule has 1 aromatic heterocycles. The van der Waals surface area contributed by atoms with E-state index in [0.29, 0.717) is 10.8 Å². The van der Waals surface area contributed by atoms with E-state index in [1.165, 1.54) is 18.5 Å². The van der Waals surface area contributed by atoms with Crippen LogP contribution in [-0.2, 0) is 0 Å². The molecule has 0 fully saturated rings. The smallest absolute Gasteiger partial charge is 0.339 e. The van der Waals surface area contributed by atoms with Gasteiger partial charge in [0.15, 0.2) is 0 Å². The molecular formula is C12H8ClNO3. The van der Waals surface area contributed by atoms with Gasteiger partial charge >= 0.3 is 5.97 Å². The van der Waals surface area contributed by atoms with Crippen molar-refractivity contribution in [3.8, 4) is 11.5 Å². The van der Waals surface area contributed by atoms with E-state index in [2.05, 4.69) is 4.98 Å². The lowest BCUT2D eigenvalue weighted by Gasteiger charge is -2.07. The van der Waals surface area contributed by atoms with Crippen molar-refractivity contribution < 1.29 is 14.6 Å². The highest BCUT2D eigenvalue weighted by atomic mass is 35.5. The van der Waals surface area contributed by atoms with Gasteiger partial charge in [0, 0.05) is 12.3 Å². The van der Waals surface area contributed by atoms with E-state index in [1.807, 2.05) is 0 Å². The lowest BCUT2D eigenvalue weighted by Crippen LogP contribution is -1.99. The second-order valence-corrected chi connectivity index (χ2v) is 3.68. The maximum absolute atomic E-state index is 11.0. The fraction of sp³-hybridized carbons (Fsp3) is 0. The molecule has 86 valence electrons. The van der Waals surface area contributed by atoms with Crippen LogP contribution >= 0.6 is 11.6 Å². The zero-order valence-electron chi connectivity index (χ0n) is 8.63. The molecule has 2 rings (SSSR count). The van der Waals surface area contributed by atoms with Crippen LogP contribution in [0.3, 0.4) is 0 Å². The zero-order chi connectivity index (χ0) is 12.3. The van der Waals surface area contributed by atoms with Gasteiger partial charge in [-0.2, -0.15) is 0 Å². The molecule has 0 saturated carbocycles. The number of benzene rings is 1. The van der Waals surface area contributed by atoms with Gasteiger partial charge in [-0.3, -0.25) is 4.98 Å². The molecule has 0 radical (unpaired) electrons. The number of para-hydroxylation sites is 1. The van der Waals surface area contributed by atoms with Crippen molar-refractivity contribution in [3.63, 3.8) is 0 Å². The van der Waals surface area contributed by atoms with E-state index >= 15 is 0 Å². The topological polar surface area (TPSA) is 59.4 Å². The summed E-state index contributed by atoms with van der Waals surface area (Å²) in [5.74, 6) is -0.397. The van der Waals surface area contributed by atoms with Crippen LogP contribution in [-0.4, -0.2) is 16.1 Å². The summed E-state index contributed by atoms with van der Waals surface area (Å²) in [5.41, 5.74) is 0.0903. The SMILES string of the molecule is O=C(O)c1ccccc1Oc1cncc(Cl)c1. The van der Waals surface area contributed by atoms with E-state index in [4.69, 9.17) is 21.4 Å². The third-order valence-electron chi connectivity index (χ3n) is 2.03. The lowest BCUT2D eigenvalue weighted by atomic mass is 10.2. The van der Waals surface area contributed by atoms with Gasteiger partial charge in [0.2, 0.25) is 0 Å². The summed E-state index contributed by atoms with van der Waals surface area (Å²) >= 11 is 5.75. The average Bonchev–Trinajstić information content (AvgIpc) is 2.29. The first-order valence-corrected chi connectivity index (χ1v) is 5.15. The molecule has 2 aromatic rings. The Morgan fingerprint density at radius 3 is 2.76 bits per heavy atom. The predicted octanol–water partition coefficient (Wildman–Crippen LogP) is 3.23. The van der Waals surface area contributed by atoms with Crippen LogP contribution in [0.5, 0.6) is 11.5 Å². The van der Waals surface area contributed by atoms with Gasteiger partial charge in [0.05, 0.1) is 11.2 Å². The van der Waals surface area contributed by atoms with Crippen LogP contribution in [0.4, 0.5) is 0 Å². The predicted molar refractivity (Wildman–Crippen MR) is 62.7 cm³/mol. The Bertz CT molecular complexity index is 557. The Kier molecular flexibility index (Phi) is 3.25. The largest absolute Gasteiger partial charge is 0.478 e. The molecule has 0 atom stereocenters.